The third-order valence-corrected chi connectivity index (χ3v) is 6.92. The molecule has 3 aromatic rings. The first-order valence-corrected chi connectivity index (χ1v) is 11.4. The number of rotatable bonds is 6. The number of nitrogens with one attached hydrogen (secondary N) is 2. The molecular weight excluding hydrogens is 386 g/mol. The predicted octanol–water partition coefficient (Wildman–Crippen LogP) is 4.97. The molecule has 1 amide bonds. The van der Waals surface area contributed by atoms with Crippen LogP contribution in [0.1, 0.15) is 54.1 Å². The fraction of sp³-hybridized carbons (Fsp3) is 0.385. The van der Waals surface area contributed by atoms with Gasteiger partial charge >= 0.3 is 0 Å². The fourth-order valence-electron chi connectivity index (χ4n) is 4.86. The minimum atomic E-state index is -0.0504. The van der Waals surface area contributed by atoms with Crippen LogP contribution in [0.5, 0.6) is 0 Å². The first-order valence-electron chi connectivity index (χ1n) is 11.4. The van der Waals surface area contributed by atoms with Gasteiger partial charge in [-0.2, -0.15) is 0 Å². The molecule has 0 radical (unpaired) electrons. The lowest BCUT2D eigenvalue weighted by Gasteiger charge is -2.31. The van der Waals surface area contributed by atoms with Crippen LogP contribution in [0.2, 0.25) is 0 Å². The van der Waals surface area contributed by atoms with Gasteiger partial charge < -0.3 is 10.3 Å². The van der Waals surface area contributed by atoms with Gasteiger partial charge in [-0.1, -0.05) is 55.0 Å². The molecule has 160 valence electrons. The van der Waals surface area contributed by atoms with Crippen LogP contribution in [0.3, 0.4) is 0 Å². The minimum Gasteiger partial charge on any atom is -0.350 e. The van der Waals surface area contributed by atoms with E-state index in [2.05, 4.69) is 45.5 Å². The smallest absolute Gasteiger partial charge is 0.238 e. The molecule has 1 saturated heterocycles. The summed E-state index contributed by atoms with van der Waals surface area (Å²) in [4.78, 5) is 31.4. The number of aromatic nitrogens is 1. The van der Waals surface area contributed by atoms with E-state index >= 15 is 0 Å². The van der Waals surface area contributed by atoms with Crippen LogP contribution >= 0.6 is 0 Å². The van der Waals surface area contributed by atoms with Gasteiger partial charge in [0.05, 0.1) is 12.2 Å². The molecule has 0 unspecified atom stereocenters. The molecule has 2 heterocycles. The molecule has 1 aromatic heterocycles. The number of para-hydroxylation sites is 1. The van der Waals surface area contributed by atoms with Crippen molar-refractivity contribution in [2.45, 2.75) is 38.0 Å². The number of likely N-dealkylation sites (tertiary alicyclic amines) is 1. The molecule has 0 bridgehead atoms. The highest BCUT2D eigenvalue weighted by Gasteiger charge is 2.30. The second kappa shape index (κ2) is 8.67. The van der Waals surface area contributed by atoms with E-state index in [1.54, 1.807) is 0 Å². The Labute approximate surface area is 182 Å². The molecular formula is C26H29N3O2. The second-order valence-electron chi connectivity index (χ2n) is 8.92. The third-order valence-electron chi connectivity index (χ3n) is 6.92. The van der Waals surface area contributed by atoms with Crippen molar-refractivity contribution in [3.05, 3.63) is 65.9 Å². The Kier molecular flexibility index (Phi) is 5.60. The predicted molar refractivity (Wildman–Crippen MR) is 123 cm³/mol. The van der Waals surface area contributed by atoms with Crippen LogP contribution < -0.4 is 5.32 Å². The van der Waals surface area contributed by atoms with Gasteiger partial charge in [0.15, 0.2) is 5.78 Å². The molecule has 0 atom stereocenters. The van der Waals surface area contributed by atoms with Gasteiger partial charge in [0.2, 0.25) is 5.91 Å². The summed E-state index contributed by atoms with van der Waals surface area (Å²) < 4.78 is 0. The summed E-state index contributed by atoms with van der Waals surface area (Å²) in [6, 6.07) is 18.4. The van der Waals surface area contributed by atoms with E-state index in [0.717, 1.165) is 56.1 Å². The van der Waals surface area contributed by atoms with Crippen molar-refractivity contribution in [1.29, 1.82) is 0 Å². The molecule has 5 rings (SSSR count). The van der Waals surface area contributed by atoms with Gasteiger partial charge in [0, 0.05) is 16.8 Å². The maximum Gasteiger partial charge on any atom is 0.238 e. The molecule has 5 nitrogen and oxygen atoms in total. The van der Waals surface area contributed by atoms with Gasteiger partial charge in [-0.25, -0.2) is 0 Å². The number of nitrogens with zero attached hydrogens (tertiary/aromatic N) is 1. The number of hydrogen-bond acceptors (Lipinski definition) is 3. The zero-order valence-electron chi connectivity index (χ0n) is 17.8. The van der Waals surface area contributed by atoms with E-state index in [0.29, 0.717) is 23.8 Å². The van der Waals surface area contributed by atoms with Crippen LogP contribution in [0.25, 0.3) is 10.9 Å². The first-order chi connectivity index (χ1) is 15.2. The summed E-state index contributed by atoms with van der Waals surface area (Å²) in [5.74, 6) is 0.730. The van der Waals surface area contributed by atoms with E-state index in [9.17, 15) is 9.59 Å². The zero-order valence-corrected chi connectivity index (χ0v) is 17.8. The molecule has 1 aliphatic carbocycles. The molecule has 2 aromatic carbocycles. The highest BCUT2D eigenvalue weighted by atomic mass is 16.2. The Morgan fingerprint density at radius 3 is 2.35 bits per heavy atom. The van der Waals surface area contributed by atoms with E-state index in [-0.39, 0.29) is 17.6 Å². The molecule has 2 N–H and O–H groups in total. The highest BCUT2D eigenvalue weighted by molar-refractivity contribution is 6.13. The number of carbonyl (C=O) groups is 2. The summed E-state index contributed by atoms with van der Waals surface area (Å²) in [5.41, 5.74) is 3.49. The Morgan fingerprint density at radius 1 is 0.935 bits per heavy atom. The van der Waals surface area contributed by atoms with Crippen LogP contribution in [-0.4, -0.2) is 41.2 Å². The van der Waals surface area contributed by atoms with Crippen LogP contribution in [0, 0.1) is 5.92 Å². The SMILES string of the molecule is O=C(CN1CCC(c2ccccc2)CC1)Nc1c(C(=O)C2CCC2)[nH]c2ccccc12. The highest BCUT2D eigenvalue weighted by Crippen LogP contribution is 2.35. The van der Waals surface area contributed by atoms with E-state index in [1.165, 1.54) is 5.56 Å². The van der Waals surface area contributed by atoms with E-state index < -0.39 is 0 Å². The number of fused-ring (bicyclic) bond motifs is 1. The topological polar surface area (TPSA) is 65.2 Å². The quantitative estimate of drug-likeness (QED) is 0.559. The summed E-state index contributed by atoms with van der Waals surface area (Å²) in [6.07, 6.45) is 5.12. The number of piperidine rings is 1. The largest absolute Gasteiger partial charge is 0.350 e. The number of benzene rings is 2. The average Bonchev–Trinajstić information content (AvgIpc) is 3.12. The van der Waals surface area contributed by atoms with Crippen molar-refractivity contribution in [1.82, 2.24) is 9.88 Å². The maximum atomic E-state index is 13.0. The summed E-state index contributed by atoms with van der Waals surface area (Å²) in [6.45, 7) is 2.18. The number of ketones is 1. The number of H-pyrrole nitrogens is 1. The van der Waals surface area contributed by atoms with E-state index in [4.69, 9.17) is 0 Å². The Morgan fingerprint density at radius 2 is 1.65 bits per heavy atom. The molecule has 5 heteroatoms. The molecule has 2 aliphatic rings. The number of aromatic amines is 1. The van der Waals surface area contributed by atoms with Gasteiger partial charge in [-0.05, 0) is 56.3 Å². The average molecular weight is 416 g/mol. The van der Waals surface area contributed by atoms with Crippen molar-refractivity contribution < 1.29 is 9.59 Å². The van der Waals surface area contributed by atoms with Crippen molar-refractivity contribution >= 4 is 28.3 Å². The van der Waals surface area contributed by atoms with Crippen molar-refractivity contribution in [3.8, 4) is 0 Å². The summed E-state index contributed by atoms with van der Waals surface area (Å²) >= 11 is 0. The number of anilines is 1. The summed E-state index contributed by atoms with van der Waals surface area (Å²) in [7, 11) is 0. The van der Waals surface area contributed by atoms with Crippen molar-refractivity contribution in [2.24, 2.45) is 5.92 Å². The van der Waals surface area contributed by atoms with Gasteiger partial charge in [-0.15, -0.1) is 0 Å². The van der Waals surface area contributed by atoms with Crippen LogP contribution in [-0.2, 0) is 4.79 Å². The molecule has 1 saturated carbocycles. The Bertz CT molecular complexity index is 1080. The van der Waals surface area contributed by atoms with Gasteiger partial charge in [-0.3, -0.25) is 14.5 Å². The Hall–Kier alpha value is -2.92. The Balaban J connectivity index is 1.26. The van der Waals surface area contributed by atoms with Crippen LogP contribution in [0.4, 0.5) is 5.69 Å². The van der Waals surface area contributed by atoms with Crippen molar-refractivity contribution in [3.63, 3.8) is 0 Å². The number of amides is 1. The molecule has 31 heavy (non-hydrogen) atoms. The lowest BCUT2D eigenvalue weighted by atomic mass is 9.81. The molecule has 1 aliphatic heterocycles. The minimum absolute atomic E-state index is 0.0504. The standard InChI is InChI=1S/C26H29N3O2/c30-23(17-29-15-13-19(14-16-29)18-7-2-1-3-8-18)28-24-21-11-4-5-12-22(21)27-25(24)26(31)20-9-6-10-20/h1-5,7-8,11-12,19-20,27H,6,9-10,13-17H2,(H,28,30). The number of Topliss-reactive ketones (excluding diaryl/α,β-unsaturated/α-hetero) is 1. The normalized spacial score (nSPS) is 18.1. The summed E-state index contributed by atoms with van der Waals surface area (Å²) in [5, 5.41) is 3.98. The molecule has 0 spiro atoms. The maximum absolute atomic E-state index is 13.0. The molecule has 2 fully saturated rings. The van der Waals surface area contributed by atoms with Gasteiger partial charge in [0.25, 0.3) is 0 Å². The number of carbonyl (C=O) groups excluding carboxylic acids is 2. The van der Waals surface area contributed by atoms with Gasteiger partial charge in [0.1, 0.15) is 5.69 Å². The van der Waals surface area contributed by atoms with Crippen molar-refractivity contribution in [2.75, 3.05) is 25.0 Å². The first kappa shape index (κ1) is 20.0. The van der Waals surface area contributed by atoms with Crippen LogP contribution in [0.15, 0.2) is 54.6 Å². The monoisotopic (exact) mass is 415 g/mol. The van der Waals surface area contributed by atoms with E-state index in [1.807, 2.05) is 24.3 Å². The second-order valence-corrected chi connectivity index (χ2v) is 8.92. The fourth-order valence-corrected chi connectivity index (χ4v) is 4.86. The zero-order chi connectivity index (χ0) is 21.2. The lowest BCUT2D eigenvalue weighted by molar-refractivity contribution is -0.117. The lowest BCUT2D eigenvalue weighted by Crippen LogP contribution is -2.39. The third kappa shape index (κ3) is 4.15. The number of hydrogen-bond donors (Lipinski definition) is 2.